The van der Waals surface area contributed by atoms with Gasteiger partial charge in [0.2, 0.25) is 0 Å². The second kappa shape index (κ2) is 114. The van der Waals surface area contributed by atoms with E-state index in [9.17, 15) is 0 Å². The molecule has 0 aliphatic heterocycles. The van der Waals surface area contributed by atoms with E-state index in [1.807, 2.05) is 0 Å². The smallest absolute Gasteiger partial charge is 0 e. The van der Waals surface area contributed by atoms with Gasteiger partial charge in [-0.05, 0) is 9.47 Å². The van der Waals surface area contributed by atoms with Crippen LogP contribution < -0.4 is 0 Å². The maximum atomic E-state index is 6.92. The van der Waals surface area contributed by atoms with Gasteiger partial charge >= 0.3 is 0 Å². The van der Waals surface area contributed by atoms with Gasteiger partial charge < -0.3 is 17.7 Å². The van der Waals surface area contributed by atoms with E-state index in [2.05, 4.69) is 6.42 Å². The quantitative estimate of drug-likeness (QED) is 0.378. The third-order valence-electron chi connectivity index (χ3n) is 0. The van der Waals surface area contributed by atoms with Crippen LogP contribution in [0.2, 0.25) is 0 Å². The molecule has 35 valence electrons. The Labute approximate surface area is 66.7 Å². The summed E-state index contributed by atoms with van der Waals surface area (Å²) in [5.74, 6) is 0. The molecule has 0 amide bonds. The van der Waals surface area contributed by atoms with Crippen LogP contribution >= 0.6 is 9.47 Å². The number of hydrogen-bond donors (Lipinski definition) is 1. The molecule has 0 aromatic carbocycles. The van der Waals surface area contributed by atoms with Crippen molar-refractivity contribution in [3.05, 3.63) is 6.42 Å². The van der Waals surface area contributed by atoms with Crippen LogP contribution in [0.25, 0.3) is 0 Å². The Balaban J connectivity index is -0.00000000500. The van der Waals surface area contributed by atoms with Gasteiger partial charge in [-0.3, -0.25) is 0 Å². The maximum Gasteiger partial charge on any atom is 0 e. The van der Waals surface area contributed by atoms with Crippen molar-refractivity contribution < 1.29 is 44.5 Å². The van der Waals surface area contributed by atoms with Crippen LogP contribution in [0.15, 0.2) is 0 Å². The standard InChI is InChI=1S/C2H.H3OP.V.W/c2*1-2;;/h1H;1H,2H2;;/q-1;;;. The Morgan fingerprint density at radius 2 is 1.33 bits per heavy atom. The third-order valence-corrected chi connectivity index (χ3v) is 0. The molecule has 0 aliphatic carbocycles. The molecule has 1 atom stereocenters. The van der Waals surface area contributed by atoms with Gasteiger partial charge in [-0.2, -0.15) is 0 Å². The molecule has 1 nitrogen and oxygen atoms in total. The third kappa shape index (κ3) is 62.3. The molecule has 0 heterocycles. The largest absolute Gasteiger partial charge is 0.697 e. The number of rotatable bonds is 0. The van der Waals surface area contributed by atoms with E-state index in [1.165, 1.54) is 9.47 Å². The Bertz CT molecular complexity index is 18.3. The van der Waals surface area contributed by atoms with Crippen molar-refractivity contribution in [2.75, 3.05) is 0 Å². The summed E-state index contributed by atoms with van der Waals surface area (Å²) in [5.41, 5.74) is 0. The van der Waals surface area contributed by atoms with Crippen LogP contribution in [-0.4, -0.2) is 4.89 Å². The fourth-order valence-electron chi connectivity index (χ4n) is 0. The molecule has 0 saturated carbocycles. The average Bonchev–Trinajstić information content (AvgIpc) is 1.50. The van der Waals surface area contributed by atoms with E-state index in [0.29, 0.717) is 0 Å². The van der Waals surface area contributed by atoms with Gasteiger partial charge in [0, 0.05) is 39.6 Å². The first-order chi connectivity index (χ1) is 2.00. The normalized spacial score (nSPS) is 1.33. The van der Waals surface area contributed by atoms with Crippen LogP contribution in [0, 0.1) is 12.8 Å². The van der Waals surface area contributed by atoms with Crippen LogP contribution in [0.4, 0.5) is 0 Å². The fourth-order valence-corrected chi connectivity index (χ4v) is 0. The molecule has 1 radical (unpaired) electrons. The minimum atomic E-state index is 0. The molecule has 0 fully saturated rings. The van der Waals surface area contributed by atoms with E-state index in [-0.39, 0.29) is 39.6 Å². The SMILES string of the molecule is OP.[C-]#C.[V].[W]. The van der Waals surface area contributed by atoms with E-state index in [0.717, 1.165) is 0 Å². The summed E-state index contributed by atoms with van der Waals surface area (Å²) < 4.78 is 0. The first-order valence-electron chi connectivity index (χ1n) is 0.547. The number of hydrogen-bond acceptors (Lipinski definition) is 1. The Morgan fingerprint density at radius 3 is 1.33 bits per heavy atom. The summed E-state index contributed by atoms with van der Waals surface area (Å²) in [6.45, 7) is 0. The van der Waals surface area contributed by atoms with E-state index in [4.69, 9.17) is 11.3 Å². The number of terminal acetylenes is 1. The molecule has 1 unspecified atom stereocenters. The van der Waals surface area contributed by atoms with Crippen molar-refractivity contribution in [2.45, 2.75) is 0 Å². The van der Waals surface area contributed by atoms with E-state index in [1.54, 1.807) is 0 Å². The average molecular weight is 310 g/mol. The van der Waals surface area contributed by atoms with E-state index >= 15 is 0 Å². The van der Waals surface area contributed by atoms with Gasteiger partial charge in [-0.15, -0.1) is 0 Å². The molecule has 0 rings (SSSR count). The fraction of sp³-hybridized carbons (Fsp3) is 0. The monoisotopic (exact) mass is 310 g/mol. The summed E-state index contributed by atoms with van der Waals surface area (Å²) in [4.78, 5) is 6.92. The van der Waals surface area contributed by atoms with Crippen LogP contribution in [0.5, 0.6) is 0 Å². The van der Waals surface area contributed by atoms with Crippen molar-refractivity contribution in [1.82, 2.24) is 0 Å². The summed E-state index contributed by atoms with van der Waals surface area (Å²) in [6, 6.07) is 0. The van der Waals surface area contributed by atoms with Crippen molar-refractivity contribution in [1.29, 1.82) is 0 Å². The molecule has 0 spiro atoms. The first kappa shape index (κ1) is 26.9. The Hall–Kier alpha value is 1.22. The molecule has 0 aromatic rings. The minimum absolute atomic E-state index is 0. The van der Waals surface area contributed by atoms with Crippen molar-refractivity contribution in [3.8, 4) is 6.42 Å². The molecular formula is C2H4OPVW-. The zero-order valence-electron chi connectivity index (χ0n) is 2.96. The molecule has 0 bridgehead atoms. The predicted molar refractivity (Wildman–Crippen MR) is 20.1 cm³/mol. The van der Waals surface area contributed by atoms with Crippen LogP contribution in [0.1, 0.15) is 0 Å². The second-order valence-electron chi connectivity index (χ2n) is 0. The molecule has 6 heavy (non-hydrogen) atoms. The van der Waals surface area contributed by atoms with E-state index < -0.39 is 0 Å². The Kier molecular flexibility index (Phi) is 510. The zero-order valence-corrected chi connectivity index (χ0v) is 8.44. The molecule has 4 heteroatoms. The minimum Gasteiger partial charge on any atom is -0.697 e. The second-order valence-corrected chi connectivity index (χ2v) is 0. The van der Waals surface area contributed by atoms with Gasteiger partial charge in [0.25, 0.3) is 0 Å². The van der Waals surface area contributed by atoms with Crippen LogP contribution in [0.3, 0.4) is 0 Å². The van der Waals surface area contributed by atoms with Gasteiger partial charge in [0.05, 0.1) is 0 Å². The zero-order chi connectivity index (χ0) is 4.00. The summed E-state index contributed by atoms with van der Waals surface area (Å²) in [5, 5.41) is 0. The topological polar surface area (TPSA) is 20.2 Å². The van der Waals surface area contributed by atoms with Crippen molar-refractivity contribution >= 4 is 9.47 Å². The summed E-state index contributed by atoms with van der Waals surface area (Å²) in [7, 11) is 1.42. The summed E-state index contributed by atoms with van der Waals surface area (Å²) >= 11 is 0. The first-order valence-corrected chi connectivity index (χ1v) is 1.06. The van der Waals surface area contributed by atoms with Gasteiger partial charge in [-0.25, -0.2) is 0 Å². The van der Waals surface area contributed by atoms with Gasteiger partial charge in [-0.1, -0.05) is 0 Å². The predicted octanol–water partition coefficient (Wildman–Crippen LogP) is -0.0302. The maximum absolute atomic E-state index is 6.92. The molecule has 0 saturated heterocycles. The molecule has 0 aromatic heterocycles. The van der Waals surface area contributed by atoms with Crippen molar-refractivity contribution in [3.63, 3.8) is 0 Å². The molecule has 0 aliphatic rings. The van der Waals surface area contributed by atoms with Gasteiger partial charge in [0.1, 0.15) is 0 Å². The van der Waals surface area contributed by atoms with Crippen LogP contribution in [-0.2, 0) is 39.6 Å². The summed E-state index contributed by atoms with van der Waals surface area (Å²) in [6.07, 6.45) is 9.00. The van der Waals surface area contributed by atoms with Gasteiger partial charge in [0.15, 0.2) is 0 Å². The Morgan fingerprint density at radius 1 is 1.33 bits per heavy atom. The van der Waals surface area contributed by atoms with Crippen molar-refractivity contribution in [2.24, 2.45) is 0 Å². The molecule has 1 N–H and O–H groups in total. The molecular weight excluding hydrogens is 306 g/mol.